The number of hydrogen-bond acceptors (Lipinski definition) is 22. The molecule has 0 aromatic carbocycles. The minimum Gasteiger partial charge on any atom is -0.351 e. The molecule has 2 aromatic heterocycles. The number of hydrogen-bond donors (Lipinski definition) is 1. The summed E-state index contributed by atoms with van der Waals surface area (Å²) in [6.07, 6.45) is 4.93. The van der Waals surface area contributed by atoms with Gasteiger partial charge in [0, 0.05) is 24.8 Å². The van der Waals surface area contributed by atoms with E-state index in [-0.39, 0.29) is 0 Å². The third kappa shape index (κ3) is 19.0. The molecule has 0 saturated heterocycles. The first kappa shape index (κ1) is 54.5. The molecule has 55 heavy (non-hydrogen) atoms. The zero-order chi connectivity index (χ0) is 42.3. The molecule has 24 nitrogen and oxygen atoms in total. The lowest BCUT2D eigenvalue weighted by Gasteiger charge is -2.32. The van der Waals surface area contributed by atoms with Gasteiger partial charge in [0.05, 0.1) is 19.2 Å². The summed E-state index contributed by atoms with van der Waals surface area (Å²) in [6, 6.07) is 0. The van der Waals surface area contributed by atoms with E-state index in [2.05, 4.69) is 56.9 Å². The van der Waals surface area contributed by atoms with Crippen molar-refractivity contribution in [2.75, 3.05) is 52.1 Å². The summed E-state index contributed by atoms with van der Waals surface area (Å²) in [5.41, 5.74) is 0. The van der Waals surface area contributed by atoms with E-state index >= 15 is 4.39 Å². The van der Waals surface area contributed by atoms with Crippen molar-refractivity contribution >= 4 is 96.3 Å². The van der Waals surface area contributed by atoms with Crippen molar-refractivity contribution in [2.45, 2.75) is 11.7 Å². The molecule has 2 rings (SSSR count). The number of H-pyrrole nitrogens is 1. The lowest BCUT2D eigenvalue weighted by molar-refractivity contribution is 0.246. The van der Waals surface area contributed by atoms with E-state index in [9.17, 15) is 54.8 Å². The highest BCUT2D eigenvalue weighted by atomic mass is 31.3. The van der Waals surface area contributed by atoms with Gasteiger partial charge in [-0.2, -0.15) is 0 Å². The molecule has 0 aliphatic heterocycles. The van der Waals surface area contributed by atoms with Crippen molar-refractivity contribution < 1.29 is 94.5 Å². The van der Waals surface area contributed by atoms with Crippen LogP contribution in [0.1, 0.15) is 0 Å². The van der Waals surface area contributed by atoms with Gasteiger partial charge in [0.15, 0.2) is 40.9 Å². The Balaban J connectivity index is 0.000000958. The van der Waals surface area contributed by atoms with Gasteiger partial charge in [-0.25, -0.2) is 41.7 Å². The van der Waals surface area contributed by atoms with Gasteiger partial charge >= 0.3 is 82.1 Å². The zero-order valence-corrected chi connectivity index (χ0v) is 39.2. The smallest absolute Gasteiger partial charge is 0.351 e. The molecule has 0 spiro atoms. The van der Waals surface area contributed by atoms with Gasteiger partial charge < -0.3 is 18.7 Å². The lowest BCUT2D eigenvalue weighted by Crippen LogP contribution is -2.32. The number of alkyl halides is 1. The van der Waals surface area contributed by atoms with E-state index in [0.717, 1.165) is 37.6 Å². The van der Waals surface area contributed by atoms with Gasteiger partial charge in [-0.3, -0.25) is 18.1 Å². The fourth-order valence-corrected chi connectivity index (χ4v) is 21.5. The number of halogens is 1. The highest BCUT2D eigenvalue weighted by Crippen LogP contribution is 2.82. The number of rotatable bonds is 26. The van der Waals surface area contributed by atoms with Crippen LogP contribution in [0.5, 0.6) is 0 Å². The van der Waals surface area contributed by atoms with Gasteiger partial charge in [-0.1, -0.05) is 15.2 Å². The van der Waals surface area contributed by atoms with Crippen LogP contribution in [-0.4, -0.2) is 76.7 Å². The van der Waals surface area contributed by atoms with Crippen LogP contribution >= 0.6 is 96.3 Å². The lowest BCUT2D eigenvalue weighted by atomic mass is 10.7. The van der Waals surface area contributed by atoms with Crippen molar-refractivity contribution in [1.29, 1.82) is 0 Å². The van der Waals surface area contributed by atoms with Gasteiger partial charge in [0.25, 0.3) is 5.15 Å². The number of aromatic nitrogens is 4. The van der Waals surface area contributed by atoms with Gasteiger partial charge in [0.2, 0.25) is 0 Å². The van der Waals surface area contributed by atoms with E-state index < -0.39 is 138 Å². The Morgan fingerprint density at radius 2 is 1.18 bits per heavy atom. The fraction of sp³-hybridized carbons (Fsp3) is 0.556. The maximum atomic E-state index is 16.4. The molecule has 37 heteroatoms. The van der Waals surface area contributed by atoms with Crippen LogP contribution in [0.25, 0.3) is 0 Å². The summed E-state index contributed by atoms with van der Waals surface area (Å²) < 4.78 is 193. The van der Waals surface area contributed by atoms with Crippen LogP contribution < -0.4 is 0 Å². The molecule has 0 aliphatic rings. The van der Waals surface area contributed by atoms with Crippen LogP contribution in [0.3, 0.4) is 0 Å². The van der Waals surface area contributed by atoms with E-state index in [0.29, 0.717) is 0 Å². The van der Waals surface area contributed by atoms with Crippen molar-refractivity contribution in [3.63, 3.8) is 0 Å². The zero-order valence-electron chi connectivity index (χ0n) is 28.5. The second-order valence-electron chi connectivity index (χ2n) is 9.32. The first-order valence-corrected chi connectivity index (χ1v) is 30.2. The summed E-state index contributed by atoms with van der Waals surface area (Å²) in [5.74, 6) is 0. The van der Waals surface area contributed by atoms with Crippen LogP contribution in [0.2, 0.25) is 0 Å². The fourth-order valence-electron chi connectivity index (χ4n) is 3.23. The Labute approximate surface area is 322 Å². The van der Waals surface area contributed by atoms with Crippen LogP contribution in [0, 0.1) is 0 Å². The first-order valence-electron chi connectivity index (χ1n) is 13.5. The van der Waals surface area contributed by atoms with Crippen molar-refractivity contribution in [1.82, 2.24) is 19.5 Å². The quantitative estimate of drug-likeness (QED) is 0.0856. The van der Waals surface area contributed by atoms with Crippen molar-refractivity contribution in [3.05, 3.63) is 49.1 Å². The minimum atomic E-state index is -5.31. The Bertz CT molecular complexity index is 1740. The highest BCUT2D eigenvalue weighted by Gasteiger charge is 2.70. The molecule has 0 aliphatic carbocycles. The molecule has 306 valence electrons. The Morgan fingerprint density at radius 3 is 1.49 bits per heavy atom. The summed E-state index contributed by atoms with van der Waals surface area (Å²) in [4.78, 5) is 10.1. The summed E-state index contributed by atoms with van der Waals surface area (Å²) in [7, 11) is -32.6. The second kappa shape index (κ2) is 27.3. The van der Waals surface area contributed by atoms with Gasteiger partial charge in [-0.15, -0.1) is 0 Å². The number of imidazole rings is 2. The maximum Gasteiger partial charge on any atom is 0.514 e. The molecular weight excluding hydrogens is 983 g/mol. The van der Waals surface area contributed by atoms with E-state index in [1.807, 2.05) is 0 Å². The summed E-state index contributed by atoms with van der Waals surface area (Å²) in [5, 5.41) is -4.21. The molecule has 0 fully saturated rings. The third-order valence-electron chi connectivity index (χ3n) is 5.35. The number of aromatic amines is 1. The van der Waals surface area contributed by atoms with E-state index in [4.69, 9.17) is 0 Å². The first-order chi connectivity index (χ1) is 25.6. The van der Waals surface area contributed by atoms with E-state index in [1.165, 1.54) is 12.4 Å². The van der Waals surface area contributed by atoms with Crippen LogP contribution in [0.4, 0.5) is 4.39 Å². The molecule has 0 bridgehead atoms. The molecule has 2 aromatic rings. The Morgan fingerprint density at radius 1 is 0.745 bits per heavy atom. The molecule has 1 N–H and O–H groups in total. The van der Waals surface area contributed by atoms with Gasteiger partial charge in [0.1, 0.15) is 30.4 Å². The molecule has 5 unspecified atom stereocenters. The predicted molar refractivity (Wildman–Crippen MR) is 197 cm³/mol. The topological polar surface area (TPSA) is 325 Å². The highest BCUT2D eigenvalue weighted by molar-refractivity contribution is 7.86. The minimum absolute atomic E-state index is 0.692. The Hall–Kier alpha value is -0.510. The third-order valence-corrected chi connectivity index (χ3v) is 24.0. The molecule has 0 saturated carbocycles. The summed E-state index contributed by atoms with van der Waals surface area (Å²) >= 11 is 0. The van der Waals surface area contributed by atoms with Crippen molar-refractivity contribution in [2.24, 2.45) is 0 Å². The largest absolute Gasteiger partial charge is 0.514 e. The SMILES string of the molecule is C=C(P(=O)(COP=O)COP=O)P(=O)(O[P+](C)=O)O[P+](C)=O.C[P+](=O)OP(=O)(O[P+](C)=O)C(F)(Cn1ccnc1)P(=O)(COP=O)COP=O.c1c[nH]cn1. The number of nitrogens with one attached hydrogen (secondary N) is 1. The molecule has 0 radical (unpaired) electrons. The number of nitrogens with zero attached hydrogens (tertiary/aromatic N) is 3. The van der Waals surface area contributed by atoms with Crippen LogP contribution in [-0.2, 0) is 96.7 Å². The average molecular weight is 1010 g/mol. The molecule has 5 atom stereocenters. The molecule has 2 heterocycles. The standard InChI is InChI=1S/C9H15FN2O10P6.C6H12O10P6.C3H4N2/c1-25(15)21-28(18,22-26(2)16)9(10,5-12-4-3-11-6-12)27(17,7-19-23-13)8-20-24-14;1-6(21(11,4-13-17-7)5-14-18-8)22(12,15-19(2)9)16-20(3)10;1-2-5-3-4-1/h3-4,6H,5,7-8H2,1-2H3;1,4-5H2,2-3H3;1-3H,(H,4,5)/q2*+2;. The average Bonchev–Trinajstić information content (AvgIpc) is 3.84. The van der Waals surface area contributed by atoms with Crippen molar-refractivity contribution in [3.8, 4) is 0 Å². The molecular formula is C18H31FN4O20P12+4. The Kier molecular flexibility index (Phi) is 27.0. The van der Waals surface area contributed by atoms with E-state index in [1.54, 1.807) is 18.7 Å². The second-order valence-corrected chi connectivity index (χ2v) is 26.9. The normalized spacial score (nSPS) is 18.1. The predicted octanol–water partition coefficient (Wildman–Crippen LogP) is 10.8. The van der Waals surface area contributed by atoms with Gasteiger partial charge in [-0.05, 0) is 26.9 Å². The monoisotopic (exact) mass is 1010 g/mol. The van der Waals surface area contributed by atoms with Crippen LogP contribution in [0.15, 0.2) is 49.1 Å². The summed E-state index contributed by atoms with van der Waals surface area (Å²) in [6.45, 7) is 6.26. The maximum absolute atomic E-state index is 16.4. The molecule has 0 amide bonds.